The van der Waals surface area contributed by atoms with E-state index >= 15 is 0 Å². The van der Waals surface area contributed by atoms with E-state index in [1.54, 1.807) is 132 Å². The number of methoxy groups -OCH3 is 1. The highest BCUT2D eigenvalue weighted by Crippen LogP contribution is 2.26. The molecule has 0 aliphatic rings. The highest BCUT2D eigenvalue weighted by atomic mass is 32.1. The molecule has 15 aromatic rings. The van der Waals surface area contributed by atoms with E-state index in [9.17, 15) is 28.8 Å². The van der Waals surface area contributed by atoms with E-state index in [-0.39, 0.29) is 63.3 Å². The van der Waals surface area contributed by atoms with Gasteiger partial charge in [0.25, 0.3) is 18.3 Å². The first-order valence-electron chi connectivity index (χ1n) is 40.2. The summed E-state index contributed by atoms with van der Waals surface area (Å²) in [6.07, 6.45) is 2.73. The average molecular weight is 1860 g/mol. The number of carboxylic acid groups (broad SMARTS) is 2. The third kappa shape index (κ3) is 34.0. The lowest BCUT2D eigenvalue weighted by molar-refractivity contribution is -0.129. The van der Waals surface area contributed by atoms with Crippen LogP contribution in [0.5, 0.6) is 0 Å². The highest BCUT2D eigenvalue weighted by Gasteiger charge is 2.17. The van der Waals surface area contributed by atoms with Crippen molar-refractivity contribution in [3.8, 4) is 45.8 Å². The lowest BCUT2D eigenvalue weighted by Crippen LogP contribution is -2.18. The maximum atomic E-state index is 11.4. The number of aromatic nitrogens is 8. The van der Waals surface area contributed by atoms with Gasteiger partial charge in [-0.25, -0.2) is 25.3 Å². The molecule has 36 nitrogen and oxygen atoms in total. The minimum Gasteiger partial charge on any atom is -0.478 e. The van der Waals surface area contributed by atoms with Crippen molar-refractivity contribution in [2.24, 2.45) is 22.4 Å². The Hall–Kier alpha value is -15.8. The Morgan fingerprint density at radius 1 is 0.373 bits per heavy atom. The van der Waals surface area contributed by atoms with E-state index in [0.29, 0.717) is 119 Å². The van der Waals surface area contributed by atoms with Gasteiger partial charge in [0.15, 0.2) is 0 Å². The molecule has 2 amide bonds. The fraction of sp³-hybridized carbons (Fsp3) is 0.146. The minimum atomic E-state index is -0.978. The van der Waals surface area contributed by atoms with Gasteiger partial charge >= 0.3 is 17.9 Å². The maximum absolute atomic E-state index is 11.4. The van der Waals surface area contributed by atoms with Gasteiger partial charge in [-0.1, -0.05) is 158 Å². The third-order valence-corrected chi connectivity index (χ3v) is 19.1. The van der Waals surface area contributed by atoms with Gasteiger partial charge < -0.3 is 73.7 Å². The molecule has 0 spiro atoms. The molecule has 11 aromatic carbocycles. The van der Waals surface area contributed by atoms with E-state index in [2.05, 4.69) is 84.3 Å². The number of aromatic carboxylic acids is 2. The molecule has 15 rings (SSSR count). The normalized spacial score (nSPS) is 10.1. The predicted octanol–water partition coefficient (Wildman–Crippen LogP) is 11.8. The van der Waals surface area contributed by atoms with E-state index < -0.39 is 23.8 Å². The smallest absolute Gasteiger partial charge is 0.337 e. The second-order valence-corrected chi connectivity index (χ2v) is 28.7. The molecule has 4 aromatic heterocycles. The second kappa shape index (κ2) is 56.0. The molecule has 0 saturated heterocycles. The zero-order valence-electron chi connectivity index (χ0n) is 71.6. The van der Waals surface area contributed by atoms with Crippen LogP contribution in [-0.2, 0) is 92.6 Å². The first-order chi connectivity index (χ1) is 65.1. The van der Waals surface area contributed by atoms with Gasteiger partial charge in [-0.3, -0.25) is 36.5 Å². The van der Waals surface area contributed by atoms with Crippen molar-refractivity contribution < 1.29 is 107 Å². The Morgan fingerprint density at radius 2 is 0.619 bits per heavy atom. The van der Waals surface area contributed by atoms with Crippen LogP contribution in [-0.4, -0.2) is 152 Å². The number of isothiocyanates is 1. The van der Waals surface area contributed by atoms with Crippen molar-refractivity contribution in [1.82, 2.24) is 51.7 Å². The van der Waals surface area contributed by atoms with Crippen LogP contribution in [0.1, 0.15) is 142 Å². The number of carboxylic acids is 2. The minimum absolute atomic E-state index is 0.00921. The van der Waals surface area contributed by atoms with Crippen LogP contribution in [0.25, 0.3) is 45.8 Å². The molecule has 0 fully saturated rings. The number of esters is 1. The summed E-state index contributed by atoms with van der Waals surface area (Å²) in [6, 6.07) is 77.0. The number of nitrogens with one attached hydrogen (secondary N) is 2. The van der Waals surface area contributed by atoms with Gasteiger partial charge in [0, 0.05) is 51.2 Å². The number of nitrogens with zero attached hydrogens (tertiary/aromatic N) is 9. The number of aliphatic hydroxyl groups is 6. The van der Waals surface area contributed by atoms with Crippen molar-refractivity contribution in [3.05, 3.63) is 385 Å². The third-order valence-electron chi connectivity index (χ3n) is 18.7. The molecule has 18 N–H and O–H groups in total. The van der Waals surface area contributed by atoms with Crippen molar-refractivity contribution in [2.45, 2.75) is 78.4 Å². The standard InChI is InChI=1S/C18H16N2O4.2C17H15N3O4.C17H14N2O4.C10H13NOS.C9H8O4.C8H7NOS.H4N2/c1-23-18(22)15-8-6-14(7-9-15)17-20-19-16(24-17)10-12-2-4-13(11-21)5-3-12;2*21-10-12-3-1-11(2-4-12)9-15-18-19-17(24-15)14-7-5-13(6-8-14)16(22)20-23;20-10-12-3-1-11(2-4-12)9-15-18-19-16(23-15)13-5-7-14(8-6-13)17(21)22;11-6-10(13)5-8-1-3-9(7-12)4-2-8;10-6-13-5-7-1-3-8(4-2-7)9(11)12;10-5-7-1-3-8(4-2-7)9-6-11;1-2/h2-9,21H,10-11H2,1H3;2*1-8,21,23H,9-10H2,(H,20,22);1-8,20H,9-10H2,(H,21,22);1-4,12H,5-7,11H2;1-4,6H,5H2,(H,11,12);1-4,10H,5H2;1-2H2. The number of benzene rings is 11. The van der Waals surface area contributed by atoms with Gasteiger partial charge in [-0.15, -0.1) is 40.8 Å². The van der Waals surface area contributed by atoms with Crippen molar-refractivity contribution in [2.75, 3.05) is 13.7 Å². The SMILES string of the molecule is COC(=O)c1ccc(-c2nnc(Cc3ccc(CO)cc3)o2)cc1.NCC(=S)Cc1ccc(CO)cc1.NN.O=C(NO)c1ccc(-c2nnc(Cc3ccc(CO)cc3)o2)cc1.O=C(NO)c1ccc(-c2nnc(Cc3ccc(CO)cc3)o2)cc1.O=C(O)c1ccc(-c2nnc(Cc3ccc(CO)cc3)o2)cc1.O=COCc1ccc(C(=O)O)cc1.OCc1ccc(N=C=S)cc1. The maximum Gasteiger partial charge on any atom is 0.337 e. The number of thiocarbonyl (C=S) groups is 2. The number of hydrazine groups is 1. The molecule has 38 heteroatoms. The van der Waals surface area contributed by atoms with Crippen LogP contribution in [0.2, 0.25) is 0 Å². The Labute approximate surface area is 776 Å². The molecule has 0 bridgehead atoms. The molecule has 0 saturated carbocycles. The van der Waals surface area contributed by atoms with Crippen LogP contribution in [0.4, 0.5) is 5.69 Å². The molecule has 0 atom stereocenters. The summed E-state index contributed by atoms with van der Waals surface area (Å²) in [5.41, 5.74) is 24.7. The number of carbonyl (C=O) groups excluding carboxylic acids is 4. The van der Waals surface area contributed by atoms with E-state index in [1.165, 1.54) is 31.4 Å². The van der Waals surface area contributed by atoms with Crippen molar-refractivity contribution in [1.29, 1.82) is 0 Å². The second-order valence-electron chi connectivity index (χ2n) is 27.9. The number of rotatable bonds is 30. The molecule has 0 unspecified atom stereocenters. The van der Waals surface area contributed by atoms with Gasteiger partial charge in [0.1, 0.15) is 6.61 Å². The van der Waals surface area contributed by atoms with Gasteiger partial charge in [-0.2, -0.15) is 4.99 Å². The summed E-state index contributed by atoms with van der Waals surface area (Å²) in [7, 11) is 1.34. The lowest BCUT2D eigenvalue weighted by atomic mass is 10.1. The zero-order valence-corrected chi connectivity index (χ0v) is 73.3. The molecule has 0 radical (unpaired) electrons. The number of hydroxylamine groups is 2. The van der Waals surface area contributed by atoms with Crippen LogP contribution in [0.3, 0.4) is 0 Å². The fourth-order valence-corrected chi connectivity index (χ4v) is 11.7. The van der Waals surface area contributed by atoms with E-state index in [1.807, 2.05) is 121 Å². The number of aliphatic imine (C=N–C) groups is 1. The first kappa shape index (κ1) is 104. The lowest BCUT2D eigenvalue weighted by Gasteiger charge is -2.02. The summed E-state index contributed by atoms with van der Waals surface area (Å²) >= 11 is 9.45. The molecule has 690 valence electrons. The average Bonchev–Trinajstić information content (AvgIpc) is 1.70. The Bertz CT molecular complexity index is 5870. The number of hydrogen-bond donors (Lipinski definition) is 15. The van der Waals surface area contributed by atoms with Crippen molar-refractivity contribution in [3.63, 3.8) is 0 Å². The van der Waals surface area contributed by atoms with Crippen LogP contribution in [0, 0.1) is 0 Å². The quantitative estimate of drug-likeness (QED) is 0.00378. The van der Waals surface area contributed by atoms with Crippen molar-refractivity contribution >= 4 is 76.3 Å². The Morgan fingerprint density at radius 3 is 0.866 bits per heavy atom. The van der Waals surface area contributed by atoms with E-state index in [4.69, 9.17) is 86.9 Å². The summed E-state index contributed by atoms with van der Waals surface area (Å²) in [6.45, 7) is 1.17. The van der Waals surface area contributed by atoms with Crippen LogP contribution in [0.15, 0.2) is 290 Å². The number of amides is 2. The summed E-state index contributed by atoms with van der Waals surface area (Å²) in [5.74, 6) is 7.86. The van der Waals surface area contributed by atoms with Gasteiger partial charge in [0.2, 0.25) is 47.1 Å². The monoisotopic (exact) mass is 1860 g/mol. The number of carbonyl (C=O) groups is 6. The molecular weight excluding hydrogens is 1770 g/mol. The van der Waals surface area contributed by atoms with Gasteiger partial charge in [-0.05, 0) is 200 Å². The molecule has 0 aliphatic carbocycles. The Balaban J connectivity index is 0.000000195. The van der Waals surface area contributed by atoms with Crippen LogP contribution >= 0.6 is 24.4 Å². The predicted molar refractivity (Wildman–Crippen MR) is 494 cm³/mol. The molecule has 134 heavy (non-hydrogen) atoms. The number of hydrogen-bond acceptors (Lipinski definition) is 34. The van der Waals surface area contributed by atoms with Gasteiger partial charge in [0.05, 0.1) is 100.0 Å². The summed E-state index contributed by atoms with van der Waals surface area (Å²) in [5, 5.41) is 123. The topological polar surface area (TPSA) is 593 Å². The van der Waals surface area contributed by atoms with Crippen LogP contribution < -0.4 is 28.4 Å². The largest absolute Gasteiger partial charge is 0.478 e. The molecule has 4 heterocycles. The molecule has 0 aliphatic heterocycles. The molecular formula is C96H92N14O22S2. The first-order valence-corrected chi connectivity index (χ1v) is 41.0. The Kier molecular flexibility index (Phi) is 43.3. The fourth-order valence-electron chi connectivity index (χ4n) is 11.5. The highest BCUT2D eigenvalue weighted by molar-refractivity contribution is 7.80. The van der Waals surface area contributed by atoms with E-state index in [0.717, 1.165) is 89.3 Å². The number of aliphatic hydroxyl groups excluding tert-OH is 6. The summed E-state index contributed by atoms with van der Waals surface area (Å²) < 4.78 is 31.7. The number of nitrogens with two attached hydrogens (primary N) is 3. The number of ether oxygens (including phenoxy) is 2. The zero-order chi connectivity index (χ0) is 96.5. The summed E-state index contributed by atoms with van der Waals surface area (Å²) in [4.78, 5) is 69.7.